The lowest BCUT2D eigenvalue weighted by Crippen LogP contribution is -2.62. The number of amides is 11. The Bertz CT molecular complexity index is 3040. The molecule has 1 aromatic rings. The van der Waals surface area contributed by atoms with Crippen LogP contribution in [0.3, 0.4) is 0 Å². The maximum absolute atomic E-state index is 15.0. The molecule has 3 aliphatic heterocycles. The summed E-state index contributed by atoms with van der Waals surface area (Å²) in [7, 11) is 0. The Balaban J connectivity index is 1.36. The Labute approximate surface area is 612 Å². The van der Waals surface area contributed by atoms with Gasteiger partial charge in [-0.25, -0.2) is 0 Å². The van der Waals surface area contributed by atoms with Crippen LogP contribution in [0.25, 0.3) is 0 Å². The first kappa shape index (κ1) is 85.2. The fourth-order valence-electron chi connectivity index (χ4n) is 14.2. The van der Waals surface area contributed by atoms with Gasteiger partial charge >= 0.3 is 5.97 Å². The van der Waals surface area contributed by atoms with E-state index in [4.69, 9.17) is 5.73 Å². The van der Waals surface area contributed by atoms with Gasteiger partial charge in [-0.15, -0.1) is 0 Å². The number of hydrogen-bond acceptors (Lipinski definition) is 20. The number of carbonyl (C=O) groups is 12. The molecule has 3 heterocycles. The summed E-state index contributed by atoms with van der Waals surface area (Å²) in [6.07, 6.45) is 0.205. The van der Waals surface area contributed by atoms with Crippen LogP contribution in [0.2, 0.25) is 0 Å². The zero-order chi connectivity index (χ0) is 75.7. The van der Waals surface area contributed by atoms with Gasteiger partial charge in [0.15, 0.2) is 0 Å². The molecule has 103 heavy (non-hydrogen) atoms. The Morgan fingerprint density at radius 3 is 1.50 bits per heavy atom. The molecule has 3 unspecified atom stereocenters. The van der Waals surface area contributed by atoms with Crippen LogP contribution in [0.15, 0.2) is 24.3 Å². The first-order valence-corrected chi connectivity index (χ1v) is 39.1. The predicted molar refractivity (Wildman–Crippen MR) is 387 cm³/mol. The van der Waals surface area contributed by atoms with Gasteiger partial charge < -0.3 is 95.1 Å². The minimum Gasteiger partial charge on any atom is -0.481 e. The molecule has 32 heteroatoms. The number of aliphatic hydroxyl groups excluding tert-OH is 4. The monoisotopic (exact) mass is 1490 g/mol. The first-order valence-electron chi connectivity index (χ1n) is 36.8. The molecule has 15 atom stereocenters. The molecule has 11 amide bonds. The number of nitrogens with one attached hydrogen (secondary N) is 12. The smallest absolute Gasteiger partial charge is 0.303 e. The van der Waals surface area contributed by atoms with Gasteiger partial charge in [-0.3, -0.25) is 57.5 Å². The van der Waals surface area contributed by atoms with Crippen LogP contribution in [0.4, 0.5) is 0 Å². The molecule has 2 aliphatic carbocycles. The van der Waals surface area contributed by atoms with Crippen molar-refractivity contribution in [1.29, 1.82) is 0 Å². The number of piperidine rings is 1. The van der Waals surface area contributed by atoms with Gasteiger partial charge in [0, 0.05) is 35.9 Å². The molecule has 2 bridgehead atoms. The van der Waals surface area contributed by atoms with Gasteiger partial charge in [0.25, 0.3) is 0 Å². The highest BCUT2D eigenvalue weighted by atomic mass is 32.2. The molecular formula is C71H115N13O17S2. The number of benzene rings is 1. The summed E-state index contributed by atoms with van der Waals surface area (Å²) >= 11 is 2.75. The van der Waals surface area contributed by atoms with Gasteiger partial charge in [0.05, 0.1) is 30.6 Å². The number of thioether (sulfide) groups is 2. The molecule has 0 radical (unpaired) electrons. The lowest BCUT2D eigenvalue weighted by atomic mass is 9.82. The SMILES string of the molecule is CCC[C@@H]1NC(=O)[C@H](CC2CNC3NCCCC23)NC(=O)[C@H]([C@@H](C)O)NC(=O)[C@H](CC2CCC(O)CC2)NC(=O)[C@H](C(C)(C)C)NC(=O)CCSCc2cccc(c2)CSC[C@@H](C(N)=O)NC(=O)[C@H]([C@@H](C)O)NC(=O)[C@H](CCC)NC(=O)[C@H](CC2CCC(O)CC2)NC(=O)[C@H](CCC(=O)O)NC1=O. The van der Waals surface area contributed by atoms with E-state index in [0.717, 1.165) is 30.5 Å². The van der Waals surface area contributed by atoms with Crippen LogP contribution in [0.1, 0.15) is 188 Å². The van der Waals surface area contributed by atoms with Crippen molar-refractivity contribution in [3.63, 3.8) is 0 Å². The number of carbonyl (C=O) groups excluding carboxylic acids is 11. The number of aliphatic carboxylic acids is 1. The van der Waals surface area contributed by atoms with E-state index in [1.165, 1.54) is 37.4 Å². The number of carboxylic acid groups (broad SMARTS) is 1. The Morgan fingerprint density at radius 1 is 0.553 bits per heavy atom. The molecule has 19 N–H and O–H groups in total. The minimum atomic E-state index is -1.73. The summed E-state index contributed by atoms with van der Waals surface area (Å²) < 4.78 is 0. The van der Waals surface area contributed by atoms with Crippen LogP contribution < -0.4 is 69.5 Å². The minimum absolute atomic E-state index is 0.00281. The topological polar surface area (TPSA) is 476 Å². The highest BCUT2D eigenvalue weighted by Crippen LogP contribution is 2.33. The van der Waals surface area contributed by atoms with E-state index in [0.29, 0.717) is 81.6 Å². The van der Waals surface area contributed by atoms with Crippen molar-refractivity contribution in [2.45, 2.75) is 279 Å². The maximum atomic E-state index is 15.0. The summed E-state index contributed by atoms with van der Waals surface area (Å²) in [6, 6.07) is -6.89. The van der Waals surface area contributed by atoms with E-state index in [-0.39, 0.29) is 80.5 Å². The van der Waals surface area contributed by atoms with E-state index in [9.17, 15) is 78.3 Å². The zero-order valence-electron chi connectivity index (χ0n) is 60.7. The van der Waals surface area contributed by atoms with Crippen LogP contribution in [-0.4, -0.2) is 212 Å². The largest absolute Gasteiger partial charge is 0.481 e. The van der Waals surface area contributed by atoms with E-state index in [1.54, 1.807) is 34.6 Å². The van der Waals surface area contributed by atoms with E-state index in [2.05, 4.69) is 63.8 Å². The summed E-state index contributed by atoms with van der Waals surface area (Å²) in [4.78, 5) is 171. The van der Waals surface area contributed by atoms with Gasteiger partial charge in [-0.05, 0) is 170 Å². The average molecular weight is 1490 g/mol. The molecule has 5 aliphatic rings. The van der Waals surface area contributed by atoms with Crippen molar-refractivity contribution in [3.05, 3.63) is 35.4 Å². The number of carboxylic acids is 1. The third-order valence-corrected chi connectivity index (χ3v) is 22.3. The number of aliphatic hydroxyl groups is 4. The average Bonchev–Trinajstić information content (AvgIpc) is 1.76. The van der Waals surface area contributed by atoms with E-state index < -0.39 is 174 Å². The standard InChI is InChI=1S/C71H115N13O17S2/c1-8-12-48-62(93)77-50(25-26-56(90)91)63(94)78-51(31-40-17-21-45(87)22-18-40)65(96)76-49(13-9-2)64(95)83-58(39(4)86)69(100)81-54(60(72)92)37-103-36-43-15-10-14-42(30-43)35-102-29-27-55(89)82-59(71(5,6)7)70(101)80-52(32-41-19-23-46(88)24-20-41)67(98)84-57(38(3)85)68(99)79-53(66(97)75-48)33-44-34-74-61-47(44)16-11-28-73-61/h10,14-15,30,38-41,44-54,57-59,61,73-74,85-88H,8-9,11-13,16-29,31-37H2,1-7H3,(H2,72,92)(H,75,97)(H,76,96)(H,77,93)(H,78,94)(H,79,99)(H,80,101)(H,81,100)(H,82,89)(H,83,95)(H,84,98)(H,90,91)/t38-,39-,40?,41?,44?,45?,46?,47?,48+,49+,50+,51+,52+,53+,54+,57+,58+,59-,61?/m1/s1. The van der Waals surface area contributed by atoms with Gasteiger partial charge in [-0.2, -0.15) is 23.5 Å². The van der Waals surface area contributed by atoms with Crippen molar-refractivity contribution >= 4 is 94.5 Å². The molecule has 1 aromatic carbocycles. The molecule has 30 nitrogen and oxygen atoms in total. The van der Waals surface area contributed by atoms with Gasteiger partial charge in [-0.1, -0.05) is 71.7 Å². The molecule has 2 saturated heterocycles. The Kier molecular flexibility index (Phi) is 34.7. The van der Waals surface area contributed by atoms with Crippen LogP contribution in [-0.2, 0) is 69.0 Å². The van der Waals surface area contributed by atoms with E-state index in [1.807, 2.05) is 24.3 Å². The molecule has 0 aromatic heterocycles. The van der Waals surface area contributed by atoms with Crippen molar-refractivity contribution in [2.75, 3.05) is 24.6 Å². The normalized spacial score (nSPS) is 31.9. The zero-order valence-corrected chi connectivity index (χ0v) is 62.3. The third-order valence-electron chi connectivity index (χ3n) is 20.1. The fraction of sp³-hybridized carbons (Fsp3) is 0.746. The highest BCUT2D eigenvalue weighted by Gasteiger charge is 2.44. The Morgan fingerprint density at radius 2 is 1.00 bits per heavy atom. The molecule has 578 valence electrons. The summed E-state index contributed by atoms with van der Waals surface area (Å²) in [5.74, 6) is -10.1. The van der Waals surface area contributed by atoms with Crippen LogP contribution in [0.5, 0.6) is 0 Å². The van der Waals surface area contributed by atoms with Crippen LogP contribution in [0, 0.1) is 29.1 Å². The third kappa shape index (κ3) is 27.6. The number of fused-ring (bicyclic) bond motifs is 3. The maximum Gasteiger partial charge on any atom is 0.303 e. The predicted octanol–water partition coefficient (Wildman–Crippen LogP) is -0.0197. The second-order valence-corrected chi connectivity index (χ2v) is 31.9. The summed E-state index contributed by atoms with van der Waals surface area (Å²) in [6.45, 7) is 12.4. The lowest BCUT2D eigenvalue weighted by Gasteiger charge is -2.34. The molecule has 6 rings (SSSR count). The van der Waals surface area contributed by atoms with Crippen LogP contribution >= 0.6 is 23.5 Å². The highest BCUT2D eigenvalue weighted by molar-refractivity contribution is 7.98. The number of rotatable bonds is 16. The number of nitrogens with two attached hydrogens (primary N) is 1. The quantitative estimate of drug-likeness (QED) is 0.103. The number of primary amides is 1. The molecular weight excluding hydrogens is 1370 g/mol. The number of hydrogen-bond donors (Lipinski definition) is 18. The lowest BCUT2D eigenvalue weighted by molar-refractivity contribution is -0.139. The second-order valence-electron chi connectivity index (χ2n) is 29.8. The van der Waals surface area contributed by atoms with Crippen molar-refractivity contribution in [1.82, 2.24) is 63.8 Å². The fourth-order valence-corrected chi connectivity index (χ4v) is 16.1. The van der Waals surface area contributed by atoms with Gasteiger partial charge in [0.1, 0.15) is 60.4 Å². The van der Waals surface area contributed by atoms with Crippen molar-refractivity contribution in [2.24, 2.45) is 34.8 Å². The summed E-state index contributed by atoms with van der Waals surface area (Å²) in [5, 5.41) is 87.0. The van der Waals surface area contributed by atoms with E-state index >= 15 is 4.79 Å². The first-order chi connectivity index (χ1) is 48.8. The molecule has 4 fully saturated rings. The Hall–Kier alpha value is -6.68. The molecule has 2 saturated carbocycles. The second kappa shape index (κ2) is 41.9. The molecule has 0 spiro atoms. The van der Waals surface area contributed by atoms with Gasteiger partial charge in [0.2, 0.25) is 65.0 Å². The van der Waals surface area contributed by atoms with Crippen molar-refractivity contribution in [3.8, 4) is 0 Å². The van der Waals surface area contributed by atoms with Crippen molar-refractivity contribution < 1.29 is 83.1 Å². The summed E-state index contributed by atoms with van der Waals surface area (Å²) in [5.41, 5.74) is 6.67.